The largest absolute Gasteiger partial charge is 0.416 e. The van der Waals surface area contributed by atoms with Crippen LogP contribution in [0, 0.1) is 0 Å². The summed E-state index contributed by atoms with van der Waals surface area (Å²) in [5.41, 5.74) is 16.3. The van der Waals surface area contributed by atoms with Crippen LogP contribution < -0.4 is 42.6 Å². The Morgan fingerprint density at radius 2 is 0.614 bits per heavy atom. The molecule has 5 nitrogen and oxygen atoms in total. The maximum absolute atomic E-state index is 6.33. The third kappa shape index (κ3) is 5.58. The van der Waals surface area contributed by atoms with Crippen molar-refractivity contribution in [3.63, 3.8) is 0 Å². The van der Waals surface area contributed by atoms with Gasteiger partial charge in [-0.15, -0.1) is 10.2 Å². The molecule has 0 fully saturated rings. The fraction of sp³-hybridized carbons (Fsp3) is 0. The summed E-state index contributed by atoms with van der Waals surface area (Å²) in [4.78, 5) is 4.71. The molecule has 11 rings (SSSR count). The number of hydrogen-bond acceptors (Lipinski definition) is 5. The van der Waals surface area contributed by atoms with Crippen LogP contribution in [0.25, 0.3) is 22.9 Å². The first-order valence-corrected chi connectivity index (χ1v) is 19.4. The van der Waals surface area contributed by atoms with Gasteiger partial charge in [-0.1, -0.05) is 144 Å². The molecule has 0 atom stereocenters. The summed E-state index contributed by atoms with van der Waals surface area (Å²) in [6.07, 6.45) is 0. The van der Waals surface area contributed by atoms with Gasteiger partial charge in [0.25, 0.3) is 0 Å². The maximum atomic E-state index is 6.33. The first-order chi connectivity index (χ1) is 28.3. The minimum Gasteiger partial charge on any atom is -0.416 e. The molecule has 266 valence electrons. The molecule has 3 heterocycles. The van der Waals surface area contributed by atoms with Gasteiger partial charge in [-0.25, -0.2) is 0 Å². The molecule has 0 amide bonds. The molecule has 8 aromatic carbocycles. The van der Waals surface area contributed by atoms with Gasteiger partial charge < -0.3 is 14.2 Å². The van der Waals surface area contributed by atoms with Crippen molar-refractivity contribution >= 4 is 80.3 Å². The summed E-state index contributed by atoms with van der Waals surface area (Å²) in [6, 6.07) is 73.3. The number of benzene rings is 8. The predicted molar refractivity (Wildman–Crippen MR) is 237 cm³/mol. The number of nitrogens with zero attached hydrogens (tertiary/aromatic N) is 4. The van der Waals surface area contributed by atoms with Gasteiger partial charge >= 0.3 is 0 Å². The van der Waals surface area contributed by atoms with Gasteiger partial charge in [0.1, 0.15) is 0 Å². The van der Waals surface area contributed by atoms with Gasteiger partial charge in [0.15, 0.2) is 0 Å². The zero-order chi connectivity index (χ0) is 37.7. The molecule has 0 N–H and O–H groups in total. The van der Waals surface area contributed by atoms with E-state index >= 15 is 0 Å². The maximum Gasteiger partial charge on any atom is 0.248 e. The fourth-order valence-electron chi connectivity index (χ4n) is 8.86. The highest BCUT2D eigenvalue weighted by Crippen LogP contribution is 2.39. The van der Waals surface area contributed by atoms with Crippen LogP contribution in [-0.2, 0) is 0 Å². The molecule has 2 aliphatic heterocycles. The lowest BCUT2D eigenvalue weighted by Crippen LogP contribution is -2.57. The first-order valence-electron chi connectivity index (χ1n) is 19.4. The van der Waals surface area contributed by atoms with Crippen molar-refractivity contribution < 1.29 is 4.42 Å². The van der Waals surface area contributed by atoms with E-state index in [1.165, 1.54) is 55.5 Å². The number of fused-ring (bicyclic) bond motifs is 4. The molecule has 9 aromatic rings. The quantitative estimate of drug-likeness (QED) is 0.163. The Kier molecular flexibility index (Phi) is 7.95. The van der Waals surface area contributed by atoms with Crippen molar-refractivity contribution in [1.82, 2.24) is 10.2 Å². The van der Waals surface area contributed by atoms with Crippen molar-refractivity contribution in [2.75, 3.05) is 9.80 Å². The number of hydrogen-bond donors (Lipinski definition) is 0. The second-order valence-electron chi connectivity index (χ2n) is 14.6. The Hall–Kier alpha value is -7.37. The average Bonchev–Trinajstić information content (AvgIpc) is 3.79. The van der Waals surface area contributed by atoms with Crippen LogP contribution in [0.5, 0.6) is 0 Å². The Morgan fingerprint density at radius 3 is 0.947 bits per heavy atom. The van der Waals surface area contributed by atoms with E-state index in [0.29, 0.717) is 11.8 Å². The normalized spacial score (nSPS) is 12.8. The Bertz CT molecular complexity index is 2590. The third-order valence-electron chi connectivity index (χ3n) is 11.4. The van der Waals surface area contributed by atoms with E-state index in [4.69, 9.17) is 4.42 Å². The van der Waals surface area contributed by atoms with Gasteiger partial charge in [-0.3, -0.25) is 0 Å². The van der Waals surface area contributed by atoms with Gasteiger partial charge in [0.05, 0.1) is 0 Å². The van der Waals surface area contributed by atoms with Crippen LogP contribution >= 0.6 is 0 Å². The molecule has 0 radical (unpaired) electrons. The van der Waals surface area contributed by atoms with Crippen molar-refractivity contribution in [1.29, 1.82) is 0 Å². The molecule has 0 aliphatic carbocycles. The topological polar surface area (TPSA) is 45.4 Å². The molecule has 0 bridgehead atoms. The van der Waals surface area contributed by atoms with E-state index in [2.05, 4.69) is 226 Å². The second-order valence-corrected chi connectivity index (χ2v) is 14.6. The highest BCUT2D eigenvalue weighted by atomic mass is 16.4. The summed E-state index contributed by atoms with van der Waals surface area (Å²) in [5.74, 6) is 0.963. The number of anilines is 6. The molecule has 57 heavy (non-hydrogen) atoms. The van der Waals surface area contributed by atoms with E-state index in [0.717, 1.165) is 22.5 Å². The zero-order valence-corrected chi connectivity index (χ0v) is 31.0. The Morgan fingerprint density at radius 1 is 0.316 bits per heavy atom. The summed E-state index contributed by atoms with van der Waals surface area (Å²) in [7, 11) is 0. The Labute approximate surface area is 332 Å². The first kappa shape index (κ1) is 33.0. The van der Waals surface area contributed by atoms with E-state index in [1.807, 2.05) is 0 Å². The van der Waals surface area contributed by atoms with Gasteiger partial charge in [0, 0.05) is 45.3 Å². The monoisotopic (exact) mass is 728 g/mol. The van der Waals surface area contributed by atoms with E-state index in [9.17, 15) is 0 Å². The molecular formula is C50H34B2N4O. The van der Waals surface area contributed by atoms with Crippen molar-refractivity contribution in [3.8, 4) is 22.9 Å². The summed E-state index contributed by atoms with van der Waals surface area (Å²) < 4.78 is 6.33. The van der Waals surface area contributed by atoms with E-state index in [1.54, 1.807) is 0 Å². The lowest BCUT2D eigenvalue weighted by atomic mass is 9.35. The lowest BCUT2D eigenvalue weighted by molar-refractivity contribution is 0.584. The van der Waals surface area contributed by atoms with Crippen LogP contribution in [-0.4, -0.2) is 23.6 Å². The highest BCUT2D eigenvalue weighted by molar-refractivity contribution is 6.98. The summed E-state index contributed by atoms with van der Waals surface area (Å²) in [6.45, 7) is 0.303. The summed E-state index contributed by atoms with van der Waals surface area (Å²) in [5, 5.41) is 8.98. The van der Waals surface area contributed by atoms with Gasteiger partial charge in [0.2, 0.25) is 25.2 Å². The smallest absolute Gasteiger partial charge is 0.248 e. The molecular weight excluding hydrogens is 694 g/mol. The zero-order valence-electron chi connectivity index (χ0n) is 31.0. The molecule has 0 saturated heterocycles. The predicted octanol–water partition coefficient (Wildman–Crippen LogP) is 8.00. The van der Waals surface area contributed by atoms with Crippen molar-refractivity contribution in [3.05, 3.63) is 206 Å². The van der Waals surface area contributed by atoms with E-state index < -0.39 is 0 Å². The van der Waals surface area contributed by atoms with Crippen LogP contribution in [0.15, 0.2) is 211 Å². The van der Waals surface area contributed by atoms with Gasteiger partial charge in [-0.2, -0.15) is 0 Å². The molecule has 0 spiro atoms. The van der Waals surface area contributed by atoms with Crippen LogP contribution in [0.3, 0.4) is 0 Å². The minimum absolute atomic E-state index is 0.151. The standard InChI is InChI=1S/C50H34B2N4O/c1-3-15-37(16-4-1)51-41-19-7-11-23-45(41)55(46-24-12-8-20-42(46)51)39-31-27-35(28-32-39)49-53-54-50(57-49)36-29-33-40(34-30-36)56-47-25-13-9-21-43(47)52(38-17-5-2-6-18-38)44-22-10-14-26-48(44)56/h1-34H. The van der Waals surface area contributed by atoms with E-state index in [-0.39, 0.29) is 13.4 Å². The number of para-hydroxylation sites is 4. The minimum atomic E-state index is 0.151. The third-order valence-corrected chi connectivity index (χ3v) is 11.4. The van der Waals surface area contributed by atoms with Crippen LogP contribution in [0.2, 0.25) is 0 Å². The molecule has 0 unspecified atom stereocenters. The second kappa shape index (κ2) is 13.7. The van der Waals surface area contributed by atoms with Crippen molar-refractivity contribution in [2.24, 2.45) is 0 Å². The van der Waals surface area contributed by atoms with Crippen LogP contribution in [0.1, 0.15) is 0 Å². The Balaban J connectivity index is 0.889. The SMILES string of the molecule is c1ccc(B2c3ccccc3N(c3ccc(-c4nnc(-c5ccc(N6c7ccccc7B(c7ccccc7)c7ccccc76)cc5)o4)cc3)c3ccccc32)cc1. The number of rotatable bonds is 6. The summed E-state index contributed by atoms with van der Waals surface area (Å²) >= 11 is 0. The van der Waals surface area contributed by atoms with Gasteiger partial charge in [-0.05, 0) is 94.6 Å². The molecule has 1 aromatic heterocycles. The number of aromatic nitrogens is 2. The highest BCUT2D eigenvalue weighted by Gasteiger charge is 2.36. The van der Waals surface area contributed by atoms with Crippen LogP contribution in [0.4, 0.5) is 34.1 Å². The fourth-order valence-corrected chi connectivity index (χ4v) is 8.86. The van der Waals surface area contributed by atoms with Crippen molar-refractivity contribution in [2.45, 2.75) is 0 Å². The molecule has 7 heteroatoms. The molecule has 2 aliphatic rings. The molecule has 0 saturated carbocycles. The average molecular weight is 728 g/mol. The lowest BCUT2D eigenvalue weighted by Gasteiger charge is -2.37.